The Kier molecular flexibility index (Phi) is 5.62. The summed E-state index contributed by atoms with van der Waals surface area (Å²) >= 11 is 6.03. The molecule has 1 atom stereocenters. The van der Waals surface area contributed by atoms with E-state index in [1.807, 2.05) is 26.8 Å². The van der Waals surface area contributed by atoms with Gasteiger partial charge < -0.3 is 10.1 Å². The third kappa shape index (κ3) is 4.15. The van der Waals surface area contributed by atoms with Crippen LogP contribution in [0.3, 0.4) is 0 Å². The highest BCUT2D eigenvalue weighted by atomic mass is 35.5. The van der Waals surface area contributed by atoms with E-state index in [0.29, 0.717) is 16.3 Å². The maximum atomic E-state index is 12.2. The monoisotopic (exact) mass is 345 g/mol. The summed E-state index contributed by atoms with van der Waals surface area (Å²) in [6, 6.07) is 10.5. The fraction of sp³-hybridized carbons (Fsp3) is 0.263. The van der Waals surface area contributed by atoms with Crippen LogP contribution in [0.1, 0.15) is 34.0 Å². The smallest absolute Gasteiger partial charge is 0.338 e. The molecule has 126 valence electrons. The van der Waals surface area contributed by atoms with E-state index in [2.05, 4.69) is 5.32 Å². The molecule has 0 saturated heterocycles. The van der Waals surface area contributed by atoms with Crippen molar-refractivity contribution in [2.75, 3.05) is 5.32 Å². The molecule has 2 aromatic rings. The van der Waals surface area contributed by atoms with Crippen LogP contribution in [0.15, 0.2) is 36.4 Å². The first-order valence-electron chi connectivity index (χ1n) is 7.64. The molecule has 0 fully saturated rings. The van der Waals surface area contributed by atoms with Crippen LogP contribution in [0.2, 0.25) is 5.02 Å². The van der Waals surface area contributed by atoms with E-state index in [1.165, 1.54) is 6.92 Å². The van der Waals surface area contributed by atoms with Gasteiger partial charge in [-0.3, -0.25) is 4.79 Å². The van der Waals surface area contributed by atoms with Crippen molar-refractivity contribution in [3.8, 4) is 0 Å². The highest BCUT2D eigenvalue weighted by Gasteiger charge is 2.20. The molecule has 0 aliphatic heterocycles. The maximum absolute atomic E-state index is 12.2. The number of ether oxygens (including phenoxy) is 1. The Labute approximate surface area is 146 Å². The Hall–Kier alpha value is -2.33. The van der Waals surface area contributed by atoms with Crippen molar-refractivity contribution >= 4 is 29.2 Å². The van der Waals surface area contributed by atoms with Gasteiger partial charge in [0.2, 0.25) is 0 Å². The largest absolute Gasteiger partial charge is 0.449 e. The van der Waals surface area contributed by atoms with Crippen LogP contribution in [0.5, 0.6) is 0 Å². The van der Waals surface area contributed by atoms with Crippen molar-refractivity contribution in [1.82, 2.24) is 0 Å². The third-order valence-corrected chi connectivity index (χ3v) is 4.33. The van der Waals surface area contributed by atoms with E-state index >= 15 is 0 Å². The summed E-state index contributed by atoms with van der Waals surface area (Å²) in [7, 11) is 0. The van der Waals surface area contributed by atoms with E-state index in [4.69, 9.17) is 16.3 Å². The first kappa shape index (κ1) is 18.0. The molecule has 4 nitrogen and oxygen atoms in total. The van der Waals surface area contributed by atoms with Gasteiger partial charge in [0.15, 0.2) is 6.10 Å². The van der Waals surface area contributed by atoms with E-state index in [-0.39, 0.29) is 0 Å². The Morgan fingerprint density at radius 2 is 1.79 bits per heavy atom. The minimum atomic E-state index is -0.919. The lowest BCUT2D eigenvalue weighted by atomic mass is 10.1. The van der Waals surface area contributed by atoms with E-state index in [9.17, 15) is 9.59 Å². The molecular formula is C19H20ClNO3. The fourth-order valence-corrected chi connectivity index (χ4v) is 2.30. The van der Waals surface area contributed by atoms with Gasteiger partial charge in [-0.05, 0) is 68.7 Å². The van der Waals surface area contributed by atoms with Crippen molar-refractivity contribution < 1.29 is 14.3 Å². The second-order valence-corrected chi connectivity index (χ2v) is 6.16. The number of carbonyl (C=O) groups is 2. The summed E-state index contributed by atoms with van der Waals surface area (Å²) in [6.07, 6.45) is -0.919. The van der Waals surface area contributed by atoms with E-state index in [0.717, 1.165) is 16.7 Å². The van der Waals surface area contributed by atoms with Crippen LogP contribution in [0, 0.1) is 20.8 Å². The zero-order valence-electron chi connectivity index (χ0n) is 14.1. The first-order chi connectivity index (χ1) is 11.3. The maximum Gasteiger partial charge on any atom is 0.338 e. The van der Waals surface area contributed by atoms with Gasteiger partial charge in [-0.15, -0.1) is 0 Å². The fourth-order valence-electron chi connectivity index (χ4n) is 2.13. The van der Waals surface area contributed by atoms with Gasteiger partial charge in [-0.25, -0.2) is 4.79 Å². The number of anilines is 1. The lowest BCUT2D eigenvalue weighted by Crippen LogP contribution is -2.30. The molecule has 0 bridgehead atoms. The number of halogens is 1. The van der Waals surface area contributed by atoms with Gasteiger partial charge in [-0.2, -0.15) is 0 Å². The van der Waals surface area contributed by atoms with Crippen LogP contribution in [0.25, 0.3) is 0 Å². The van der Waals surface area contributed by atoms with Crippen LogP contribution < -0.4 is 5.32 Å². The van der Waals surface area contributed by atoms with Gasteiger partial charge in [0.05, 0.1) is 5.56 Å². The third-order valence-electron chi connectivity index (χ3n) is 3.92. The molecule has 1 N–H and O–H groups in total. The number of benzene rings is 2. The van der Waals surface area contributed by atoms with Gasteiger partial charge >= 0.3 is 5.97 Å². The summed E-state index contributed by atoms with van der Waals surface area (Å²) in [5.74, 6) is -0.930. The lowest BCUT2D eigenvalue weighted by molar-refractivity contribution is -0.123. The average Bonchev–Trinajstić information content (AvgIpc) is 2.54. The number of carbonyl (C=O) groups excluding carboxylic acids is 2. The summed E-state index contributed by atoms with van der Waals surface area (Å²) in [6.45, 7) is 7.23. The molecule has 24 heavy (non-hydrogen) atoms. The minimum absolute atomic E-state index is 0.405. The average molecular weight is 346 g/mol. The van der Waals surface area contributed by atoms with Crippen molar-refractivity contribution in [2.45, 2.75) is 33.8 Å². The molecule has 0 saturated carbocycles. The minimum Gasteiger partial charge on any atom is -0.449 e. The lowest BCUT2D eigenvalue weighted by Gasteiger charge is -2.15. The molecule has 0 aliphatic carbocycles. The van der Waals surface area contributed by atoms with Crippen LogP contribution in [-0.4, -0.2) is 18.0 Å². The molecule has 2 rings (SSSR count). The van der Waals surface area contributed by atoms with Crippen LogP contribution in [0.4, 0.5) is 5.69 Å². The summed E-state index contributed by atoms with van der Waals surface area (Å²) in [5.41, 5.74) is 3.88. The zero-order chi connectivity index (χ0) is 17.9. The van der Waals surface area contributed by atoms with E-state index in [1.54, 1.807) is 30.3 Å². The Bertz CT molecular complexity index is 786. The normalized spacial score (nSPS) is 11.7. The predicted molar refractivity (Wildman–Crippen MR) is 95.6 cm³/mol. The first-order valence-corrected chi connectivity index (χ1v) is 8.01. The topological polar surface area (TPSA) is 55.4 Å². The summed E-state index contributed by atoms with van der Waals surface area (Å²) in [4.78, 5) is 24.4. The quantitative estimate of drug-likeness (QED) is 0.833. The standard InChI is InChI=1S/C19H20ClNO3/c1-11-8-9-15(10-12(11)2)19(23)24-14(4)18(22)21-17-7-5-6-16(20)13(17)3/h5-10,14H,1-4H3,(H,21,22)/t14-/m1/s1. The SMILES string of the molecule is Cc1ccc(C(=O)O[C@H](C)C(=O)Nc2cccc(Cl)c2C)cc1C. The van der Waals surface area contributed by atoms with Crippen LogP contribution in [-0.2, 0) is 9.53 Å². The van der Waals surface area contributed by atoms with Gasteiger partial charge in [0.1, 0.15) is 0 Å². The van der Waals surface area contributed by atoms with Crippen molar-refractivity contribution in [2.24, 2.45) is 0 Å². The molecular weight excluding hydrogens is 326 g/mol. The van der Waals surface area contributed by atoms with Crippen molar-refractivity contribution in [1.29, 1.82) is 0 Å². The number of hydrogen-bond donors (Lipinski definition) is 1. The van der Waals surface area contributed by atoms with Gasteiger partial charge in [0, 0.05) is 10.7 Å². The number of nitrogens with one attached hydrogen (secondary N) is 1. The number of aryl methyl sites for hydroxylation is 2. The Morgan fingerprint density at radius 1 is 1.08 bits per heavy atom. The molecule has 5 heteroatoms. The molecule has 1 amide bonds. The highest BCUT2D eigenvalue weighted by molar-refractivity contribution is 6.31. The second-order valence-electron chi connectivity index (χ2n) is 5.75. The molecule has 0 aromatic heterocycles. The summed E-state index contributed by atoms with van der Waals surface area (Å²) < 4.78 is 5.25. The van der Waals surface area contributed by atoms with Gasteiger partial charge in [-0.1, -0.05) is 23.7 Å². The number of amides is 1. The highest BCUT2D eigenvalue weighted by Crippen LogP contribution is 2.23. The zero-order valence-corrected chi connectivity index (χ0v) is 14.9. The Morgan fingerprint density at radius 3 is 2.46 bits per heavy atom. The molecule has 2 aromatic carbocycles. The number of esters is 1. The molecule has 0 aliphatic rings. The second kappa shape index (κ2) is 7.49. The van der Waals surface area contributed by atoms with Crippen molar-refractivity contribution in [3.63, 3.8) is 0 Å². The van der Waals surface area contributed by atoms with E-state index < -0.39 is 18.0 Å². The summed E-state index contributed by atoms with van der Waals surface area (Å²) in [5, 5.41) is 3.29. The molecule has 0 heterocycles. The number of rotatable bonds is 4. The van der Waals surface area contributed by atoms with Crippen molar-refractivity contribution in [3.05, 3.63) is 63.7 Å². The molecule has 0 radical (unpaired) electrons. The van der Waals surface area contributed by atoms with Gasteiger partial charge in [0.25, 0.3) is 5.91 Å². The number of hydrogen-bond acceptors (Lipinski definition) is 3. The molecule has 0 spiro atoms. The van der Waals surface area contributed by atoms with Crippen LogP contribution >= 0.6 is 11.6 Å². The Balaban J connectivity index is 2.04. The molecule has 0 unspecified atom stereocenters. The predicted octanol–water partition coefficient (Wildman–Crippen LogP) is 4.45.